The first kappa shape index (κ1) is 18.2. The molecule has 0 saturated carbocycles. The standard InChI is InChI=1S/C22H19NO4/c24-21(25)16-23(15-17-7-3-1-4-8-17)22(26)18-11-13-20(14-12-18)27-19-9-5-2-6-10-19/h1-14H,15-16H2,(H,24,25). The Morgan fingerprint density at radius 3 is 1.93 bits per heavy atom. The molecule has 0 radical (unpaired) electrons. The van der Waals surface area contributed by atoms with Crippen LogP contribution in [0.2, 0.25) is 0 Å². The van der Waals surface area contributed by atoms with E-state index in [9.17, 15) is 9.59 Å². The lowest BCUT2D eigenvalue weighted by molar-refractivity contribution is -0.137. The van der Waals surface area contributed by atoms with Crippen LogP contribution in [0.15, 0.2) is 84.9 Å². The molecule has 0 unspecified atom stereocenters. The zero-order valence-corrected chi connectivity index (χ0v) is 14.6. The lowest BCUT2D eigenvalue weighted by Crippen LogP contribution is -2.35. The number of carboxylic acids is 1. The number of nitrogens with zero attached hydrogens (tertiary/aromatic N) is 1. The Balaban J connectivity index is 1.73. The number of aliphatic carboxylic acids is 1. The summed E-state index contributed by atoms with van der Waals surface area (Å²) in [7, 11) is 0. The van der Waals surface area contributed by atoms with E-state index in [1.807, 2.05) is 60.7 Å². The van der Waals surface area contributed by atoms with Crippen molar-refractivity contribution >= 4 is 11.9 Å². The van der Waals surface area contributed by atoms with E-state index in [2.05, 4.69) is 0 Å². The van der Waals surface area contributed by atoms with Crippen LogP contribution < -0.4 is 4.74 Å². The molecule has 0 aromatic heterocycles. The maximum absolute atomic E-state index is 12.8. The lowest BCUT2D eigenvalue weighted by atomic mass is 10.1. The molecule has 3 aromatic rings. The molecule has 0 spiro atoms. The number of hydrogen-bond acceptors (Lipinski definition) is 3. The molecule has 0 aliphatic heterocycles. The van der Waals surface area contributed by atoms with Crippen molar-refractivity contribution in [1.29, 1.82) is 0 Å². The summed E-state index contributed by atoms with van der Waals surface area (Å²) in [5, 5.41) is 9.15. The van der Waals surface area contributed by atoms with E-state index in [4.69, 9.17) is 9.84 Å². The Kier molecular flexibility index (Phi) is 5.84. The predicted molar refractivity (Wildman–Crippen MR) is 102 cm³/mol. The van der Waals surface area contributed by atoms with Gasteiger partial charge >= 0.3 is 5.97 Å². The highest BCUT2D eigenvalue weighted by Gasteiger charge is 2.19. The molecule has 3 rings (SSSR count). The molecule has 5 heteroatoms. The van der Waals surface area contributed by atoms with Crippen LogP contribution in [0, 0.1) is 0 Å². The highest BCUT2D eigenvalue weighted by Crippen LogP contribution is 2.22. The Morgan fingerprint density at radius 2 is 1.33 bits per heavy atom. The van der Waals surface area contributed by atoms with E-state index in [1.165, 1.54) is 4.90 Å². The normalized spacial score (nSPS) is 10.2. The number of carbonyl (C=O) groups excluding carboxylic acids is 1. The fourth-order valence-electron chi connectivity index (χ4n) is 2.64. The van der Waals surface area contributed by atoms with Crippen molar-refractivity contribution < 1.29 is 19.4 Å². The third-order valence-corrected chi connectivity index (χ3v) is 3.91. The van der Waals surface area contributed by atoms with E-state index in [0.717, 1.165) is 5.56 Å². The number of amides is 1. The second kappa shape index (κ2) is 8.67. The molecule has 3 aromatic carbocycles. The zero-order chi connectivity index (χ0) is 19.1. The minimum atomic E-state index is -1.05. The van der Waals surface area contributed by atoms with Crippen LogP contribution in [-0.2, 0) is 11.3 Å². The van der Waals surface area contributed by atoms with E-state index in [1.54, 1.807) is 24.3 Å². The van der Waals surface area contributed by atoms with Gasteiger partial charge in [-0.3, -0.25) is 9.59 Å². The van der Waals surface area contributed by atoms with Crippen molar-refractivity contribution in [3.05, 3.63) is 96.1 Å². The van der Waals surface area contributed by atoms with Gasteiger partial charge in [-0.15, -0.1) is 0 Å². The monoisotopic (exact) mass is 361 g/mol. The quantitative estimate of drug-likeness (QED) is 0.685. The van der Waals surface area contributed by atoms with Crippen LogP contribution in [0.1, 0.15) is 15.9 Å². The molecule has 0 bridgehead atoms. The minimum absolute atomic E-state index is 0.230. The molecule has 0 fully saturated rings. The molecule has 0 heterocycles. The zero-order valence-electron chi connectivity index (χ0n) is 14.6. The third-order valence-electron chi connectivity index (χ3n) is 3.91. The van der Waals surface area contributed by atoms with Gasteiger partial charge in [0.15, 0.2) is 0 Å². The summed E-state index contributed by atoms with van der Waals surface area (Å²) in [6.45, 7) is -0.135. The van der Waals surface area contributed by atoms with Crippen LogP contribution >= 0.6 is 0 Å². The van der Waals surface area contributed by atoms with Crippen molar-refractivity contribution in [2.45, 2.75) is 6.54 Å². The van der Waals surface area contributed by atoms with Crippen LogP contribution in [0.25, 0.3) is 0 Å². The summed E-state index contributed by atoms with van der Waals surface area (Å²) in [5.41, 5.74) is 1.28. The Morgan fingerprint density at radius 1 is 0.778 bits per heavy atom. The van der Waals surface area contributed by atoms with Crippen molar-refractivity contribution in [2.24, 2.45) is 0 Å². The van der Waals surface area contributed by atoms with Gasteiger partial charge in [0.05, 0.1) is 0 Å². The summed E-state index contributed by atoms with van der Waals surface area (Å²) in [6.07, 6.45) is 0. The Labute approximate surface area is 157 Å². The Bertz CT molecular complexity index is 893. The molecule has 0 aliphatic rings. The van der Waals surface area contributed by atoms with Gasteiger partial charge in [-0.25, -0.2) is 0 Å². The molecule has 5 nitrogen and oxygen atoms in total. The van der Waals surface area contributed by atoms with E-state index >= 15 is 0 Å². The van der Waals surface area contributed by atoms with Crippen molar-refractivity contribution in [1.82, 2.24) is 4.90 Å². The first-order valence-electron chi connectivity index (χ1n) is 8.50. The van der Waals surface area contributed by atoms with Gasteiger partial charge < -0.3 is 14.7 Å². The second-order valence-corrected chi connectivity index (χ2v) is 5.98. The SMILES string of the molecule is O=C(O)CN(Cc1ccccc1)C(=O)c1ccc(Oc2ccccc2)cc1. The minimum Gasteiger partial charge on any atom is -0.480 e. The van der Waals surface area contributed by atoms with Crippen LogP contribution in [-0.4, -0.2) is 28.4 Å². The van der Waals surface area contributed by atoms with E-state index < -0.39 is 5.97 Å². The summed E-state index contributed by atoms with van der Waals surface area (Å²) in [4.78, 5) is 25.3. The largest absolute Gasteiger partial charge is 0.480 e. The smallest absolute Gasteiger partial charge is 0.323 e. The van der Waals surface area contributed by atoms with Crippen LogP contribution in [0.5, 0.6) is 11.5 Å². The van der Waals surface area contributed by atoms with Crippen molar-refractivity contribution in [3.8, 4) is 11.5 Å². The third kappa shape index (κ3) is 5.19. The van der Waals surface area contributed by atoms with Gasteiger partial charge in [0.1, 0.15) is 18.0 Å². The summed E-state index contributed by atoms with van der Waals surface area (Å²) >= 11 is 0. The Hall–Kier alpha value is -3.60. The first-order valence-corrected chi connectivity index (χ1v) is 8.50. The average Bonchev–Trinajstić information content (AvgIpc) is 2.69. The van der Waals surface area contributed by atoms with Crippen LogP contribution in [0.3, 0.4) is 0 Å². The predicted octanol–water partition coefficient (Wildman–Crippen LogP) is 4.21. The number of hydrogen-bond donors (Lipinski definition) is 1. The maximum atomic E-state index is 12.8. The van der Waals surface area contributed by atoms with Crippen LogP contribution in [0.4, 0.5) is 0 Å². The summed E-state index contributed by atoms with van der Waals surface area (Å²) < 4.78 is 5.71. The summed E-state index contributed by atoms with van der Waals surface area (Å²) in [6, 6.07) is 25.3. The highest BCUT2D eigenvalue weighted by molar-refractivity contribution is 5.95. The summed E-state index contributed by atoms with van der Waals surface area (Å²) in [5.74, 6) is -0.0884. The molecule has 0 aliphatic carbocycles. The molecule has 136 valence electrons. The van der Waals surface area contributed by atoms with E-state index in [0.29, 0.717) is 17.1 Å². The molecular formula is C22H19NO4. The molecule has 0 atom stereocenters. The molecule has 27 heavy (non-hydrogen) atoms. The van der Waals surface area contributed by atoms with Gasteiger partial charge in [0.25, 0.3) is 5.91 Å². The fraction of sp³-hybridized carbons (Fsp3) is 0.0909. The van der Waals surface area contributed by atoms with Crippen molar-refractivity contribution in [3.63, 3.8) is 0 Å². The number of benzene rings is 3. The number of carbonyl (C=O) groups is 2. The van der Waals surface area contributed by atoms with Gasteiger partial charge in [-0.2, -0.15) is 0 Å². The molecule has 1 N–H and O–H groups in total. The highest BCUT2D eigenvalue weighted by atomic mass is 16.5. The van der Waals surface area contributed by atoms with Gasteiger partial charge in [0, 0.05) is 12.1 Å². The van der Waals surface area contributed by atoms with Gasteiger partial charge in [-0.05, 0) is 42.0 Å². The maximum Gasteiger partial charge on any atom is 0.323 e. The number of ether oxygens (including phenoxy) is 1. The van der Waals surface area contributed by atoms with Gasteiger partial charge in [-0.1, -0.05) is 48.5 Å². The number of carboxylic acid groups (broad SMARTS) is 1. The van der Waals surface area contributed by atoms with Crippen molar-refractivity contribution in [2.75, 3.05) is 6.54 Å². The van der Waals surface area contributed by atoms with E-state index in [-0.39, 0.29) is 19.0 Å². The fourth-order valence-corrected chi connectivity index (χ4v) is 2.64. The number of para-hydroxylation sites is 1. The average molecular weight is 361 g/mol. The second-order valence-electron chi connectivity index (χ2n) is 5.98. The van der Waals surface area contributed by atoms with Gasteiger partial charge in [0.2, 0.25) is 0 Å². The molecule has 0 saturated heterocycles. The molecular weight excluding hydrogens is 342 g/mol. The molecule has 1 amide bonds. The first-order chi connectivity index (χ1) is 13.1. The number of rotatable bonds is 7. The topological polar surface area (TPSA) is 66.8 Å². The lowest BCUT2D eigenvalue weighted by Gasteiger charge is -2.21.